The van der Waals surface area contributed by atoms with Crippen molar-refractivity contribution in [2.24, 2.45) is 0 Å². The van der Waals surface area contributed by atoms with Crippen molar-refractivity contribution in [1.82, 2.24) is 10.2 Å². The molecule has 11 heteroatoms. The standard InChI is InChI=1S/C31H36BrN3O6S/c1-22(31(37)33-25-9-7-8-10-25)34(20-23-13-15-24(32)16-14-23)30(36)21-35(42(38,39)27-11-5-4-6-12-27)26-17-18-28(40-2)29(19-26)41-3/h4-6,11-19,22,25H,7-10,20-21H2,1-3H3,(H,33,37)/t22-/m1/s1. The van der Waals surface area contributed by atoms with Crippen molar-refractivity contribution in [1.29, 1.82) is 0 Å². The number of nitrogens with one attached hydrogen (secondary N) is 1. The van der Waals surface area contributed by atoms with E-state index < -0.39 is 28.5 Å². The molecule has 2 amide bonds. The number of hydrogen-bond acceptors (Lipinski definition) is 6. The van der Waals surface area contributed by atoms with Crippen LogP contribution in [0, 0.1) is 0 Å². The minimum atomic E-state index is -4.19. The SMILES string of the molecule is COc1ccc(N(CC(=O)N(Cc2ccc(Br)cc2)[C@H](C)C(=O)NC2CCCC2)S(=O)(=O)c2ccccc2)cc1OC. The van der Waals surface area contributed by atoms with Crippen molar-refractivity contribution in [3.8, 4) is 11.5 Å². The minimum absolute atomic E-state index is 0.0269. The Kier molecular flexibility index (Phi) is 10.5. The van der Waals surface area contributed by atoms with E-state index in [1.807, 2.05) is 24.3 Å². The number of carbonyl (C=O) groups excluding carboxylic acids is 2. The van der Waals surface area contributed by atoms with Crippen LogP contribution in [0.1, 0.15) is 38.2 Å². The predicted octanol–water partition coefficient (Wildman–Crippen LogP) is 5.14. The lowest BCUT2D eigenvalue weighted by molar-refractivity contribution is -0.139. The second-order valence-corrected chi connectivity index (χ2v) is 13.0. The Morgan fingerprint density at radius 3 is 2.21 bits per heavy atom. The summed E-state index contributed by atoms with van der Waals surface area (Å²) < 4.78 is 40.6. The number of rotatable bonds is 12. The molecule has 0 heterocycles. The van der Waals surface area contributed by atoms with E-state index in [0.29, 0.717) is 11.5 Å². The molecule has 224 valence electrons. The maximum absolute atomic E-state index is 14.1. The summed E-state index contributed by atoms with van der Waals surface area (Å²) in [7, 11) is -1.25. The van der Waals surface area contributed by atoms with Crippen molar-refractivity contribution >= 4 is 43.5 Å². The summed E-state index contributed by atoms with van der Waals surface area (Å²) in [5.74, 6) is -0.0670. The van der Waals surface area contributed by atoms with Crippen LogP contribution < -0.4 is 19.1 Å². The number of methoxy groups -OCH3 is 2. The van der Waals surface area contributed by atoms with E-state index in [-0.39, 0.29) is 29.1 Å². The second kappa shape index (κ2) is 14.1. The van der Waals surface area contributed by atoms with Gasteiger partial charge in [0.25, 0.3) is 10.0 Å². The zero-order chi connectivity index (χ0) is 30.3. The molecule has 1 atom stereocenters. The summed E-state index contributed by atoms with van der Waals surface area (Å²) in [6, 6.07) is 19.2. The molecule has 1 saturated carbocycles. The molecule has 42 heavy (non-hydrogen) atoms. The third-order valence-corrected chi connectivity index (χ3v) is 9.72. The molecular formula is C31H36BrN3O6S. The van der Waals surface area contributed by atoms with Crippen LogP contribution in [0.4, 0.5) is 5.69 Å². The second-order valence-electron chi connectivity index (χ2n) is 10.2. The lowest BCUT2D eigenvalue weighted by Gasteiger charge is -2.32. The molecule has 1 aliphatic rings. The topological polar surface area (TPSA) is 105 Å². The zero-order valence-electron chi connectivity index (χ0n) is 24.0. The fourth-order valence-corrected chi connectivity index (χ4v) is 6.68. The molecule has 0 bridgehead atoms. The van der Waals surface area contributed by atoms with Gasteiger partial charge in [-0.3, -0.25) is 13.9 Å². The molecule has 1 N–H and O–H groups in total. The fraction of sp³-hybridized carbons (Fsp3) is 0.355. The molecule has 0 spiro atoms. The molecule has 0 aliphatic heterocycles. The van der Waals surface area contributed by atoms with Crippen LogP contribution in [-0.4, -0.2) is 58.0 Å². The van der Waals surface area contributed by atoms with Gasteiger partial charge in [0, 0.05) is 23.1 Å². The van der Waals surface area contributed by atoms with Gasteiger partial charge >= 0.3 is 0 Å². The minimum Gasteiger partial charge on any atom is -0.493 e. The zero-order valence-corrected chi connectivity index (χ0v) is 26.4. The number of halogens is 1. The molecule has 1 aliphatic carbocycles. The van der Waals surface area contributed by atoms with Gasteiger partial charge < -0.3 is 19.7 Å². The fourth-order valence-electron chi connectivity index (χ4n) is 4.99. The Labute approximate surface area is 256 Å². The van der Waals surface area contributed by atoms with Crippen molar-refractivity contribution in [3.63, 3.8) is 0 Å². The van der Waals surface area contributed by atoms with Gasteiger partial charge in [0.05, 0.1) is 24.8 Å². The predicted molar refractivity (Wildman–Crippen MR) is 165 cm³/mol. The highest BCUT2D eigenvalue weighted by Gasteiger charge is 2.33. The average Bonchev–Trinajstić information content (AvgIpc) is 3.52. The maximum atomic E-state index is 14.1. The van der Waals surface area contributed by atoms with Gasteiger partial charge in [-0.05, 0) is 61.7 Å². The quantitative estimate of drug-likeness (QED) is 0.289. The summed E-state index contributed by atoms with van der Waals surface area (Å²) in [5.41, 5.74) is 1.02. The molecule has 4 rings (SSSR count). The molecule has 0 aromatic heterocycles. The summed E-state index contributed by atoms with van der Waals surface area (Å²) in [6.07, 6.45) is 3.92. The van der Waals surface area contributed by atoms with Gasteiger partial charge in [-0.2, -0.15) is 0 Å². The highest BCUT2D eigenvalue weighted by atomic mass is 79.9. The Bertz CT molecular complexity index is 1480. The molecule has 0 unspecified atom stereocenters. The molecular weight excluding hydrogens is 622 g/mol. The largest absolute Gasteiger partial charge is 0.493 e. The van der Waals surface area contributed by atoms with Gasteiger partial charge in [0.2, 0.25) is 11.8 Å². The van der Waals surface area contributed by atoms with E-state index in [4.69, 9.17) is 9.47 Å². The molecule has 3 aromatic rings. The lowest BCUT2D eigenvalue weighted by atomic mass is 10.1. The first-order valence-corrected chi connectivity index (χ1v) is 16.0. The highest BCUT2D eigenvalue weighted by Crippen LogP contribution is 2.34. The van der Waals surface area contributed by atoms with Gasteiger partial charge in [-0.1, -0.05) is 59.1 Å². The average molecular weight is 659 g/mol. The van der Waals surface area contributed by atoms with Gasteiger partial charge in [-0.15, -0.1) is 0 Å². The van der Waals surface area contributed by atoms with Crippen LogP contribution in [0.15, 0.2) is 82.2 Å². The van der Waals surface area contributed by atoms with Crippen LogP contribution in [0.3, 0.4) is 0 Å². The Morgan fingerprint density at radius 1 is 0.952 bits per heavy atom. The Morgan fingerprint density at radius 2 is 1.60 bits per heavy atom. The van der Waals surface area contributed by atoms with Gasteiger partial charge in [0.1, 0.15) is 12.6 Å². The van der Waals surface area contributed by atoms with E-state index in [1.165, 1.54) is 37.3 Å². The first-order chi connectivity index (χ1) is 20.1. The Balaban J connectivity index is 1.71. The number of sulfonamides is 1. The van der Waals surface area contributed by atoms with Crippen LogP contribution in [0.25, 0.3) is 0 Å². The monoisotopic (exact) mass is 657 g/mol. The van der Waals surface area contributed by atoms with Crippen molar-refractivity contribution in [2.75, 3.05) is 25.1 Å². The first-order valence-electron chi connectivity index (χ1n) is 13.8. The number of benzene rings is 3. The molecule has 0 saturated heterocycles. The third kappa shape index (κ3) is 7.43. The lowest BCUT2D eigenvalue weighted by Crippen LogP contribution is -2.52. The van der Waals surface area contributed by atoms with E-state index in [0.717, 1.165) is 40.0 Å². The van der Waals surface area contributed by atoms with Crippen LogP contribution >= 0.6 is 15.9 Å². The van der Waals surface area contributed by atoms with Crippen molar-refractivity contribution in [2.45, 2.75) is 56.1 Å². The van der Waals surface area contributed by atoms with E-state index in [9.17, 15) is 18.0 Å². The summed E-state index contributed by atoms with van der Waals surface area (Å²) in [4.78, 5) is 28.9. The smallest absolute Gasteiger partial charge is 0.264 e. The summed E-state index contributed by atoms with van der Waals surface area (Å²) >= 11 is 3.43. The molecule has 3 aromatic carbocycles. The number of nitrogens with zero attached hydrogens (tertiary/aromatic N) is 2. The normalized spacial score (nSPS) is 14.2. The van der Waals surface area contributed by atoms with Crippen LogP contribution in [0.2, 0.25) is 0 Å². The van der Waals surface area contributed by atoms with Crippen molar-refractivity contribution < 1.29 is 27.5 Å². The number of hydrogen-bond donors (Lipinski definition) is 1. The van der Waals surface area contributed by atoms with E-state index in [1.54, 1.807) is 37.3 Å². The molecule has 9 nitrogen and oxygen atoms in total. The van der Waals surface area contributed by atoms with Gasteiger partial charge in [-0.25, -0.2) is 8.42 Å². The third-order valence-electron chi connectivity index (χ3n) is 7.40. The highest BCUT2D eigenvalue weighted by molar-refractivity contribution is 9.10. The van der Waals surface area contributed by atoms with Gasteiger partial charge in [0.15, 0.2) is 11.5 Å². The van der Waals surface area contributed by atoms with E-state index >= 15 is 0 Å². The van der Waals surface area contributed by atoms with E-state index in [2.05, 4.69) is 21.2 Å². The maximum Gasteiger partial charge on any atom is 0.264 e. The summed E-state index contributed by atoms with van der Waals surface area (Å²) in [5, 5.41) is 3.08. The van der Waals surface area contributed by atoms with Crippen LogP contribution in [0.5, 0.6) is 11.5 Å². The van der Waals surface area contributed by atoms with Crippen molar-refractivity contribution in [3.05, 3.63) is 82.8 Å². The summed E-state index contributed by atoms with van der Waals surface area (Å²) in [6.45, 7) is 1.26. The number of anilines is 1. The number of amides is 2. The number of ether oxygens (including phenoxy) is 2. The molecule has 0 radical (unpaired) electrons. The molecule has 1 fully saturated rings. The van der Waals surface area contributed by atoms with Crippen LogP contribution in [-0.2, 0) is 26.2 Å². The first kappa shape index (κ1) is 31.4. The number of carbonyl (C=O) groups is 2. The Hall–Kier alpha value is -3.57.